The third-order valence-corrected chi connectivity index (χ3v) is 3.52. The number of carbonyl (C=O) groups is 1. The molecule has 0 atom stereocenters. The lowest BCUT2D eigenvalue weighted by molar-refractivity contribution is 0.101. The van der Waals surface area contributed by atoms with Crippen molar-refractivity contribution in [2.45, 2.75) is 6.92 Å². The van der Waals surface area contributed by atoms with E-state index in [4.69, 9.17) is 4.74 Å². The van der Waals surface area contributed by atoms with E-state index in [1.807, 2.05) is 30.3 Å². The number of halogens is 1. The van der Waals surface area contributed by atoms with Crippen molar-refractivity contribution < 1.29 is 13.9 Å². The van der Waals surface area contributed by atoms with Crippen LogP contribution in [-0.2, 0) is 0 Å². The molecule has 3 rings (SSSR count). The van der Waals surface area contributed by atoms with Crippen LogP contribution < -0.4 is 4.74 Å². The van der Waals surface area contributed by atoms with Crippen LogP contribution in [0.3, 0.4) is 0 Å². The first kappa shape index (κ1) is 15.0. The molecule has 0 amide bonds. The number of rotatable bonds is 4. The van der Waals surface area contributed by atoms with Gasteiger partial charge in [0.15, 0.2) is 17.3 Å². The summed E-state index contributed by atoms with van der Waals surface area (Å²) in [5.74, 6) is 0.387. The number of Topliss-reactive ketones (excluding diaryl/α,β-unsaturated/α-hetero) is 1. The van der Waals surface area contributed by atoms with Gasteiger partial charge < -0.3 is 4.74 Å². The van der Waals surface area contributed by atoms with E-state index in [0.29, 0.717) is 11.3 Å². The number of hydrogen-bond acceptors (Lipinski definition) is 2. The summed E-state index contributed by atoms with van der Waals surface area (Å²) in [4.78, 5) is 11.5. The highest BCUT2D eigenvalue weighted by molar-refractivity contribution is 5.95. The van der Waals surface area contributed by atoms with Gasteiger partial charge in [-0.15, -0.1) is 0 Å². The highest BCUT2D eigenvalue weighted by Crippen LogP contribution is 2.27. The first-order valence-corrected chi connectivity index (χ1v) is 7.27. The normalized spacial score (nSPS) is 10.3. The number of ether oxygens (including phenoxy) is 1. The van der Waals surface area contributed by atoms with E-state index >= 15 is 0 Å². The molecule has 0 aliphatic carbocycles. The third kappa shape index (κ3) is 3.46. The van der Waals surface area contributed by atoms with Crippen molar-refractivity contribution >= 4 is 5.78 Å². The van der Waals surface area contributed by atoms with Crippen LogP contribution >= 0.6 is 0 Å². The van der Waals surface area contributed by atoms with Crippen molar-refractivity contribution in [1.82, 2.24) is 0 Å². The Balaban J connectivity index is 1.84. The first-order chi connectivity index (χ1) is 11.1. The molecule has 3 aromatic carbocycles. The van der Waals surface area contributed by atoms with E-state index in [1.165, 1.54) is 6.07 Å². The minimum Gasteiger partial charge on any atom is -0.454 e. The Morgan fingerprint density at radius 2 is 1.61 bits per heavy atom. The van der Waals surface area contributed by atoms with Gasteiger partial charge in [0.1, 0.15) is 5.75 Å². The van der Waals surface area contributed by atoms with Crippen molar-refractivity contribution in [3.8, 4) is 22.6 Å². The van der Waals surface area contributed by atoms with Crippen molar-refractivity contribution in [2.75, 3.05) is 0 Å². The molecule has 0 unspecified atom stereocenters. The van der Waals surface area contributed by atoms with Crippen molar-refractivity contribution in [2.24, 2.45) is 0 Å². The van der Waals surface area contributed by atoms with E-state index in [1.54, 1.807) is 43.3 Å². The molecule has 0 N–H and O–H groups in total. The first-order valence-electron chi connectivity index (χ1n) is 7.27. The van der Waals surface area contributed by atoms with Crippen molar-refractivity contribution in [3.05, 3.63) is 84.2 Å². The molecule has 23 heavy (non-hydrogen) atoms. The molecule has 2 nitrogen and oxygen atoms in total. The summed E-state index contributed by atoms with van der Waals surface area (Å²) in [6, 6.07) is 21.1. The maximum atomic E-state index is 13.6. The number of carbonyl (C=O) groups excluding carboxylic acids is 1. The van der Waals surface area contributed by atoms with Crippen LogP contribution in [0, 0.1) is 5.82 Å². The number of ketones is 1. The van der Waals surface area contributed by atoms with E-state index in [0.717, 1.165) is 11.1 Å². The summed E-state index contributed by atoms with van der Waals surface area (Å²) < 4.78 is 19.1. The zero-order valence-electron chi connectivity index (χ0n) is 12.6. The van der Waals surface area contributed by atoms with E-state index in [2.05, 4.69) is 0 Å². The Kier molecular flexibility index (Phi) is 4.20. The molecule has 3 aromatic rings. The molecule has 0 heterocycles. The van der Waals surface area contributed by atoms with E-state index in [9.17, 15) is 9.18 Å². The SMILES string of the molecule is CC(=O)c1cccc(-c2ccc(Oc3ccccc3F)cc2)c1. The second-order valence-corrected chi connectivity index (χ2v) is 5.19. The van der Waals surface area contributed by atoms with Crippen LogP contribution in [-0.4, -0.2) is 5.78 Å². The van der Waals surface area contributed by atoms with Gasteiger partial charge in [-0.2, -0.15) is 0 Å². The molecule has 0 bridgehead atoms. The highest BCUT2D eigenvalue weighted by atomic mass is 19.1. The van der Waals surface area contributed by atoms with Crippen LogP contribution in [0.15, 0.2) is 72.8 Å². The quantitative estimate of drug-likeness (QED) is 0.596. The molecular formula is C20H15FO2. The zero-order chi connectivity index (χ0) is 16.2. The second kappa shape index (κ2) is 6.44. The lowest BCUT2D eigenvalue weighted by Gasteiger charge is -2.08. The summed E-state index contributed by atoms with van der Waals surface area (Å²) in [5, 5.41) is 0. The van der Waals surface area contributed by atoms with Crippen LogP contribution in [0.25, 0.3) is 11.1 Å². The van der Waals surface area contributed by atoms with E-state index < -0.39 is 5.82 Å². The maximum absolute atomic E-state index is 13.6. The monoisotopic (exact) mass is 306 g/mol. The molecule has 0 radical (unpaired) electrons. The standard InChI is InChI=1S/C20H15FO2/c1-14(22)16-5-4-6-17(13-16)15-9-11-18(12-10-15)23-20-8-3-2-7-19(20)21/h2-13H,1H3. The third-order valence-electron chi connectivity index (χ3n) is 3.52. The molecule has 0 saturated carbocycles. The molecule has 0 spiro atoms. The number of benzene rings is 3. The predicted octanol–water partition coefficient (Wildman–Crippen LogP) is 5.49. The van der Waals surface area contributed by atoms with Crippen LogP contribution in [0.4, 0.5) is 4.39 Å². The zero-order valence-corrected chi connectivity index (χ0v) is 12.6. The Morgan fingerprint density at radius 3 is 2.30 bits per heavy atom. The maximum Gasteiger partial charge on any atom is 0.165 e. The molecule has 0 aliphatic rings. The summed E-state index contributed by atoms with van der Waals surface area (Å²) >= 11 is 0. The lowest BCUT2D eigenvalue weighted by atomic mass is 10.0. The van der Waals surface area contributed by atoms with Gasteiger partial charge in [0.05, 0.1) is 0 Å². The summed E-state index contributed by atoms with van der Waals surface area (Å²) in [6.07, 6.45) is 0. The average molecular weight is 306 g/mol. The van der Waals surface area contributed by atoms with Crippen molar-refractivity contribution in [1.29, 1.82) is 0 Å². The average Bonchev–Trinajstić information content (AvgIpc) is 2.58. The minimum absolute atomic E-state index is 0.0337. The van der Waals surface area contributed by atoms with Crippen LogP contribution in [0.5, 0.6) is 11.5 Å². The number of para-hydroxylation sites is 1. The Bertz CT molecular complexity index is 838. The fourth-order valence-electron chi connectivity index (χ4n) is 2.29. The fourth-order valence-corrected chi connectivity index (χ4v) is 2.29. The predicted molar refractivity (Wildman–Crippen MR) is 88.4 cm³/mol. The minimum atomic E-state index is -0.397. The number of hydrogen-bond donors (Lipinski definition) is 0. The Hall–Kier alpha value is -2.94. The smallest absolute Gasteiger partial charge is 0.165 e. The van der Waals surface area contributed by atoms with Crippen LogP contribution in [0.1, 0.15) is 17.3 Å². The fraction of sp³-hybridized carbons (Fsp3) is 0.0500. The molecular weight excluding hydrogens is 291 g/mol. The van der Waals surface area contributed by atoms with Gasteiger partial charge in [-0.25, -0.2) is 4.39 Å². The van der Waals surface area contributed by atoms with Gasteiger partial charge in [-0.3, -0.25) is 4.79 Å². The van der Waals surface area contributed by atoms with Gasteiger partial charge in [0.2, 0.25) is 0 Å². The summed E-state index contributed by atoms with van der Waals surface area (Å²) in [6.45, 7) is 1.55. The second-order valence-electron chi connectivity index (χ2n) is 5.19. The van der Waals surface area contributed by atoms with Gasteiger partial charge in [0, 0.05) is 5.56 Å². The molecule has 3 heteroatoms. The molecule has 0 saturated heterocycles. The molecule has 114 valence electrons. The highest BCUT2D eigenvalue weighted by Gasteiger charge is 2.05. The topological polar surface area (TPSA) is 26.3 Å². The Labute approximate surface area is 134 Å². The van der Waals surface area contributed by atoms with Crippen molar-refractivity contribution in [3.63, 3.8) is 0 Å². The van der Waals surface area contributed by atoms with E-state index in [-0.39, 0.29) is 11.5 Å². The molecule has 0 aromatic heterocycles. The van der Waals surface area contributed by atoms with Gasteiger partial charge in [0.25, 0.3) is 0 Å². The van der Waals surface area contributed by atoms with Gasteiger partial charge >= 0.3 is 0 Å². The summed E-state index contributed by atoms with van der Waals surface area (Å²) in [7, 11) is 0. The summed E-state index contributed by atoms with van der Waals surface area (Å²) in [5.41, 5.74) is 2.60. The lowest BCUT2D eigenvalue weighted by Crippen LogP contribution is -1.92. The Morgan fingerprint density at radius 1 is 0.870 bits per heavy atom. The molecule has 0 aliphatic heterocycles. The molecule has 0 fully saturated rings. The van der Waals surface area contributed by atoms with Gasteiger partial charge in [-0.1, -0.05) is 42.5 Å². The van der Waals surface area contributed by atoms with Crippen LogP contribution in [0.2, 0.25) is 0 Å². The largest absolute Gasteiger partial charge is 0.454 e. The van der Waals surface area contributed by atoms with Gasteiger partial charge in [-0.05, 0) is 48.4 Å².